The molecule has 2 aromatic carbocycles. The van der Waals surface area contributed by atoms with E-state index in [4.69, 9.17) is 21.4 Å². The Balaban J connectivity index is 1.46. The third-order valence-electron chi connectivity index (χ3n) is 6.27. The number of rotatable bonds is 7. The molecule has 0 amide bonds. The molecule has 33 heavy (non-hydrogen) atoms. The minimum atomic E-state index is 0.298. The van der Waals surface area contributed by atoms with Gasteiger partial charge in [0, 0.05) is 24.3 Å². The fourth-order valence-electron chi connectivity index (χ4n) is 4.35. The van der Waals surface area contributed by atoms with Crippen molar-refractivity contribution in [2.75, 3.05) is 16.4 Å². The van der Waals surface area contributed by atoms with Gasteiger partial charge in [-0.15, -0.1) is 0 Å². The van der Waals surface area contributed by atoms with Crippen LogP contribution in [0.3, 0.4) is 0 Å². The third kappa shape index (κ3) is 4.90. The first-order valence-electron chi connectivity index (χ1n) is 11.5. The molecular weight excluding hydrogens is 412 g/mol. The molecule has 170 valence electrons. The van der Waals surface area contributed by atoms with E-state index in [1.165, 1.54) is 5.56 Å². The van der Waals surface area contributed by atoms with E-state index in [-0.39, 0.29) is 0 Å². The first-order valence-corrected chi connectivity index (χ1v) is 11.5. The molecule has 1 aliphatic rings. The summed E-state index contributed by atoms with van der Waals surface area (Å²) in [7, 11) is 0. The van der Waals surface area contributed by atoms with Crippen LogP contribution in [0.15, 0.2) is 60.9 Å². The normalized spacial score (nSPS) is 18.3. The summed E-state index contributed by atoms with van der Waals surface area (Å²) in [5, 5.41) is 6.98. The maximum Gasteiger partial charge on any atom is 0.227 e. The van der Waals surface area contributed by atoms with Gasteiger partial charge in [-0.25, -0.2) is 4.98 Å². The van der Waals surface area contributed by atoms with E-state index in [1.54, 1.807) is 0 Å². The number of imidazole rings is 1. The third-order valence-corrected chi connectivity index (χ3v) is 6.27. The topological polar surface area (TPSA) is 120 Å². The molecule has 1 fully saturated rings. The zero-order valence-corrected chi connectivity index (χ0v) is 18.6. The molecule has 1 saturated carbocycles. The van der Waals surface area contributed by atoms with Crippen LogP contribution in [0.5, 0.6) is 0 Å². The molecule has 0 atom stereocenters. The molecular formula is C25H30N8. The predicted octanol–water partition coefficient (Wildman–Crippen LogP) is 3.75. The van der Waals surface area contributed by atoms with E-state index in [0.29, 0.717) is 36.9 Å². The highest BCUT2D eigenvalue weighted by Crippen LogP contribution is 2.25. The van der Waals surface area contributed by atoms with Crippen molar-refractivity contribution >= 4 is 28.6 Å². The molecule has 5 rings (SSSR count). The molecule has 6 N–H and O–H groups in total. The van der Waals surface area contributed by atoms with Crippen molar-refractivity contribution in [3.63, 3.8) is 0 Å². The van der Waals surface area contributed by atoms with Gasteiger partial charge in [0.15, 0.2) is 17.0 Å². The number of benzene rings is 2. The molecule has 4 aromatic rings. The summed E-state index contributed by atoms with van der Waals surface area (Å²) in [4.78, 5) is 14.3. The summed E-state index contributed by atoms with van der Waals surface area (Å²) < 4.78 is 2.07. The average Bonchev–Trinajstić information content (AvgIpc) is 3.23. The Morgan fingerprint density at radius 2 is 1.70 bits per heavy atom. The average molecular weight is 443 g/mol. The molecule has 2 aromatic heterocycles. The number of aromatic nitrogens is 4. The number of hydrogen-bond donors (Lipinski definition) is 4. The highest BCUT2D eigenvalue weighted by molar-refractivity contribution is 5.84. The SMILES string of the molecule is Nc1ccccc1CNc1nc(NC2CCC(N)CC2)nc2c1ncn2Cc1ccccc1. The van der Waals surface area contributed by atoms with E-state index in [9.17, 15) is 0 Å². The van der Waals surface area contributed by atoms with Crippen molar-refractivity contribution in [2.45, 2.75) is 50.9 Å². The molecule has 8 nitrogen and oxygen atoms in total. The maximum absolute atomic E-state index is 6.14. The molecule has 0 aliphatic heterocycles. The zero-order valence-electron chi connectivity index (χ0n) is 18.6. The Bertz CT molecular complexity index is 1210. The first-order chi connectivity index (χ1) is 16.2. The zero-order chi connectivity index (χ0) is 22.6. The van der Waals surface area contributed by atoms with Gasteiger partial charge in [0.2, 0.25) is 5.95 Å². The molecule has 0 unspecified atom stereocenters. The predicted molar refractivity (Wildman–Crippen MR) is 133 cm³/mol. The van der Waals surface area contributed by atoms with E-state index < -0.39 is 0 Å². The van der Waals surface area contributed by atoms with Gasteiger partial charge in [0.25, 0.3) is 0 Å². The van der Waals surface area contributed by atoms with E-state index >= 15 is 0 Å². The summed E-state index contributed by atoms with van der Waals surface area (Å²) in [6, 6.07) is 18.8. The van der Waals surface area contributed by atoms with Crippen molar-refractivity contribution < 1.29 is 0 Å². The standard InChI is InChI=1S/C25H30N8/c26-19-10-12-20(13-11-19)30-25-31-23(28-14-18-8-4-5-9-21(18)27)22-24(32-25)33(16-29-22)15-17-6-2-1-3-7-17/h1-9,16,19-20H,10-15,26-27H2,(H2,28,30,31,32). The van der Waals surface area contributed by atoms with Crippen LogP contribution in [0, 0.1) is 0 Å². The second-order valence-corrected chi connectivity index (χ2v) is 8.73. The Hall–Kier alpha value is -3.65. The Kier molecular flexibility index (Phi) is 6.08. The lowest BCUT2D eigenvalue weighted by atomic mass is 9.92. The van der Waals surface area contributed by atoms with Crippen LogP contribution < -0.4 is 22.1 Å². The quantitative estimate of drug-likeness (QED) is 0.322. The number of nitrogens with one attached hydrogen (secondary N) is 2. The smallest absolute Gasteiger partial charge is 0.227 e. The van der Waals surface area contributed by atoms with Crippen LogP contribution in [-0.4, -0.2) is 31.6 Å². The number of fused-ring (bicyclic) bond motifs is 1. The first kappa shape index (κ1) is 21.2. The maximum atomic E-state index is 6.14. The molecule has 0 radical (unpaired) electrons. The highest BCUT2D eigenvalue weighted by Gasteiger charge is 2.21. The molecule has 0 bridgehead atoms. The summed E-state index contributed by atoms with van der Waals surface area (Å²) >= 11 is 0. The van der Waals surface area contributed by atoms with Gasteiger partial charge < -0.3 is 26.7 Å². The lowest BCUT2D eigenvalue weighted by Gasteiger charge is -2.26. The Labute approximate surface area is 193 Å². The summed E-state index contributed by atoms with van der Waals surface area (Å²) in [6.07, 6.45) is 5.91. The number of hydrogen-bond acceptors (Lipinski definition) is 7. The minimum absolute atomic E-state index is 0.298. The number of anilines is 3. The van der Waals surface area contributed by atoms with E-state index in [0.717, 1.165) is 48.1 Å². The Morgan fingerprint density at radius 3 is 2.48 bits per heavy atom. The van der Waals surface area contributed by atoms with Crippen LogP contribution in [0.4, 0.5) is 17.5 Å². The van der Waals surface area contributed by atoms with Crippen molar-refractivity contribution in [2.24, 2.45) is 5.73 Å². The van der Waals surface area contributed by atoms with Crippen molar-refractivity contribution in [3.05, 3.63) is 72.1 Å². The van der Waals surface area contributed by atoms with Crippen molar-refractivity contribution in [1.82, 2.24) is 19.5 Å². The fraction of sp³-hybridized carbons (Fsp3) is 0.320. The monoisotopic (exact) mass is 442 g/mol. The van der Waals surface area contributed by atoms with Crippen LogP contribution >= 0.6 is 0 Å². The second-order valence-electron chi connectivity index (χ2n) is 8.73. The van der Waals surface area contributed by atoms with Crippen molar-refractivity contribution in [1.29, 1.82) is 0 Å². The van der Waals surface area contributed by atoms with Crippen molar-refractivity contribution in [3.8, 4) is 0 Å². The Morgan fingerprint density at radius 1 is 0.939 bits per heavy atom. The molecule has 8 heteroatoms. The number of nitrogen functional groups attached to an aromatic ring is 1. The van der Waals surface area contributed by atoms with Gasteiger partial charge in [0.05, 0.1) is 12.9 Å². The molecule has 0 spiro atoms. The molecule has 0 saturated heterocycles. The van der Waals surface area contributed by atoms with Crippen LogP contribution in [-0.2, 0) is 13.1 Å². The number of para-hydroxylation sites is 1. The highest BCUT2D eigenvalue weighted by atomic mass is 15.2. The lowest BCUT2D eigenvalue weighted by Crippen LogP contribution is -2.33. The minimum Gasteiger partial charge on any atom is -0.398 e. The van der Waals surface area contributed by atoms with Crippen LogP contribution in [0.25, 0.3) is 11.2 Å². The largest absolute Gasteiger partial charge is 0.398 e. The van der Waals surface area contributed by atoms with Crippen LogP contribution in [0.2, 0.25) is 0 Å². The molecule has 1 aliphatic carbocycles. The summed E-state index contributed by atoms with van der Waals surface area (Å²) in [5.41, 5.74) is 16.7. The van der Waals surface area contributed by atoms with Gasteiger partial charge in [-0.1, -0.05) is 48.5 Å². The van der Waals surface area contributed by atoms with Gasteiger partial charge in [0.1, 0.15) is 0 Å². The summed E-state index contributed by atoms with van der Waals surface area (Å²) in [5.74, 6) is 1.31. The van der Waals surface area contributed by atoms with Gasteiger partial charge in [-0.2, -0.15) is 9.97 Å². The van der Waals surface area contributed by atoms with E-state index in [1.807, 2.05) is 48.8 Å². The van der Waals surface area contributed by atoms with E-state index in [2.05, 4.69) is 32.3 Å². The second kappa shape index (κ2) is 9.46. The fourth-order valence-corrected chi connectivity index (χ4v) is 4.35. The summed E-state index contributed by atoms with van der Waals surface area (Å²) in [6.45, 7) is 1.25. The van der Waals surface area contributed by atoms with Gasteiger partial charge in [-0.05, 0) is 42.9 Å². The number of nitrogens with zero attached hydrogens (tertiary/aromatic N) is 4. The molecule has 2 heterocycles. The van der Waals surface area contributed by atoms with Crippen LogP contribution in [0.1, 0.15) is 36.8 Å². The van der Waals surface area contributed by atoms with Gasteiger partial charge in [-0.3, -0.25) is 0 Å². The number of nitrogens with two attached hydrogens (primary N) is 2. The van der Waals surface area contributed by atoms with Gasteiger partial charge >= 0.3 is 0 Å². The lowest BCUT2D eigenvalue weighted by molar-refractivity contribution is 0.410.